The van der Waals surface area contributed by atoms with E-state index in [1.54, 1.807) is 18.2 Å². The molecule has 5 heteroatoms. The van der Waals surface area contributed by atoms with Crippen LogP contribution in [0.3, 0.4) is 0 Å². The van der Waals surface area contributed by atoms with Gasteiger partial charge in [-0.25, -0.2) is 0 Å². The summed E-state index contributed by atoms with van der Waals surface area (Å²) in [5, 5.41) is 21.7. The molecule has 2 N–H and O–H groups in total. The normalized spacial score (nSPS) is 27.2. The fourth-order valence-corrected chi connectivity index (χ4v) is 3.30. The lowest BCUT2D eigenvalue weighted by molar-refractivity contribution is -0.119. The average molecular weight is 297 g/mol. The summed E-state index contributed by atoms with van der Waals surface area (Å²) in [5.41, 5.74) is 0.711. The second-order valence-corrected chi connectivity index (χ2v) is 5.98. The van der Waals surface area contributed by atoms with E-state index >= 15 is 0 Å². The average Bonchev–Trinajstić information content (AvgIpc) is 2.53. The maximum Gasteiger partial charge on any atom is 0.262 e. The van der Waals surface area contributed by atoms with Gasteiger partial charge in [-0.15, -0.1) is 0 Å². The number of rotatable bonds is 3. The minimum absolute atomic E-state index is 0.0713. The molecule has 1 aromatic rings. The van der Waals surface area contributed by atoms with Gasteiger partial charge in [-0.05, 0) is 55.6 Å². The number of hydrogen-bond donors (Lipinski definition) is 2. The number of fused-ring (bicyclic) bond motifs is 3. The first-order valence-electron chi connectivity index (χ1n) is 7.60. The van der Waals surface area contributed by atoms with Crippen molar-refractivity contribution in [3.8, 4) is 11.8 Å². The molecule has 0 aliphatic carbocycles. The van der Waals surface area contributed by atoms with E-state index in [2.05, 4.69) is 10.2 Å². The predicted molar refractivity (Wildman–Crippen MR) is 82.8 cm³/mol. The number of amides is 1. The molecule has 3 heterocycles. The summed E-state index contributed by atoms with van der Waals surface area (Å²) in [4.78, 5) is 14.7. The molecular formula is C17H19N3O2. The Kier molecular flexibility index (Phi) is 4.12. The van der Waals surface area contributed by atoms with Gasteiger partial charge in [0.05, 0.1) is 0 Å². The van der Waals surface area contributed by atoms with Crippen LogP contribution in [0.2, 0.25) is 0 Å². The number of nitrogens with one attached hydrogen (secondary N) is 1. The third kappa shape index (κ3) is 3.12. The van der Waals surface area contributed by atoms with Crippen LogP contribution in [0.4, 0.5) is 0 Å². The summed E-state index contributed by atoms with van der Waals surface area (Å²) in [6.45, 7) is 3.10. The molecule has 0 aromatic heterocycles. The molecular weight excluding hydrogens is 278 g/mol. The predicted octanol–water partition coefficient (Wildman–Crippen LogP) is 1.51. The third-order valence-corrected chi connectivity index (χ3v) is 4.52. The van der Waals surface area contributed by atoms with Crippen molar-refractivity contribution in [3.63, 3.8) is 0 Å². The monoisotopic (exact) mass is 297 g/mol. The van der Waals surface area contributed by atoms with E-state index in [0.29, 0.717) is 11.5 Å². The molecule has 0 spiro atoms. The topological polar surface area (TPSA) is 76.4 Å². The van der Waals surface area contributed by atoms with Crippen LogP contribution in [0, 0.1) is 17.2 Å². The molecule has 1 aromatic carbocycles. The smallest absolute Gasteiger partial charge is 0.262 e. The fraction of sp³-hybridized carbons (Fsp3) is 0.412. The first-order chi connectivity index (χ1) is 10.7. The van der Waals surface area contributed by atoms with E-state index in [1.165, 1.54) is 12.1 Å². The van der Waals surface area contributed by atoms with Gasteiger partial charge in [0, 0.05) is 12.6 Å². The number of carbonyl (C=O) groups excluding carboxylic acids is 1. The van der Waals surface area contributed by atoms with Crippen molar-refractivity contribution in [2.45, 2.75) is 18.9 Å². The van der Waals surface area contributed by atoms with Crippen LogP contribution in [0.1, 0.15) is 18.4 Å². The first kappa shape index (κ1) is 14.6. The molecule has 1 amide bonds. The summed E-state index contributed by atoms with van der Waals surface area (Å²) in [6, 6.07) is 8.60. The van der Waals surface area contributed by atoms with Gasteiger partial charge in [-0.1, -0.05) is 12.1 Å². The van der Waals surface area contributed by atoms with Gasteiger partial charge in [0.2, 0.25) is 0 Å². The molecule has 3 aliphatic rings. The molecule has 114 valence electrons. The first-order valence-corrected chi connectivity index (χ1v) is 7.60. The van der Waals surface area contributed by atoms with Crippen molar-refractivity contribution in [2.24, 2.45) is 5.92 Å². The van der Waals surface area contributed by atoms with Crippen LogP contribution >= 0.6 is 0 Å². The molecule has 1 unspecified atom stereocenters. The van der Waals surface area contributed by atoms with Crippen molar-refractivity contribution < 1.29 is 9.90 Å². The Morgan fingerprint density at radius 1 is 1.41 bits per heavy atom. The SMILES string of the molecule is N#CC(=Cc1cccc(O)c1)C(=O)NC1CN2CCC1CC2. The van der Waals surface area contributed by atoms with Gasteiger partial charge in [0.15, 0.2) is 0 Å². The highest BCUT2D eigenvalue weighted by molar-refractivity contribution is 6.01. The Morgan fingerprint density at radius 3 is 2.77 bits per heavy atom. The van der Waals surface area contributed by atoms with Gasteiger partial charge >= 0.3 is 0 Å². The summed E-state index contributed by atoms with van der Waals surface area (Å²) < 4.78 is 0. The Labute approximate surface area is 129 Å². The minimum Gasteiger partial charge on any atom is -0.508 e. The molecule has 22 heavy (non-hydrogen) atoms. The van der Waals surface area contributed by atoms with Crippen molar-refractivity contribution in [2.75, 3.05) is 19.6 Å². The minimum atomic E-state index is -0.329. The van der Waals surface area contributed by atoms with Crippen LogP contribution in [0.5, 0.6) is 5.75 Å². The number of benzene rings is 1. The molecule has 1 atom stereocenters. The highest BCUT2D eigenvalue weighted by Gasteiger charge is 2.35. The highest BCUT2D eigenvalue weighted by Crippen LogP contribution is 2.27. The summed E-state index contributed by atoms with van der Waals surface area (Å²) >= 11 is 0. The largest absolute Gasteiger partial charge is 0.508 e. The van der Waals surface area contributed by atoms with Crippen LogP contribution in [0.15, 0.2) is 29.8 Å². The molecule has 2 bridgehead atoms. The number of nitrogens with zero attached hydrogens (tertiary/aromatic N) is 2. The lowest BCUT2D eigenvalue weighted by atomic mass is 9.84. The number of phenolic OH excluding ortho intramolecular Hbond substituents is 1. The second kappa shape index (κ2) is 6.20. The Balaban J connectivity index is 1.71. The number of hydrogen-bond acceptors (Lipinski definition) is 4. The summed E-state index contributed by atoms with van der Waals surface area (Å²) in [5.74, 6) is 0.308. The summed E-state index contributed by atoms with van der Waals surface area (Å²) in [7, 11) is 0. The summed E-state index contributed by atoms with van der Waals surface area (Å²) in [6.07, 6.45) is 3.74. The Bertz CT molecular complexity index is 640. The highest BCUT2D eigenvalue weighted by atomic mass is 16.3. The molecule has 4 rings (SSSR count). The van der Waals surface area contributed by atoms with Crippen LogP contribution in [0.25, 0.3) is 6.08 Å². The third-order valence-electron chi connectivity index (χ3n) is 4.52. The lowest BCUT2D eigenvalue weighted by Crippen LogP contribution is -2.57. The molecule has 3 aliphatic heterocycles. The number of aromatic hydroxyl groups is 1. The van der Waals surface area contributed by atoms with Gasteiger partial charge in [0.1, 0.15) is 17.4 Å². The van der Waals surface area contributed by atoms with Crippen molar-refractivity contribution in [1.82, 2.24) is 10.2 Å². The number of phenols is 1. The van der Waals surface area contributed by atoms with Gasteiger partial charge in [0.25, 0.3) is 5.91 Å². The Morgan fingerprint density at radius 2 is 2.18 bits per heavy atom. The molecule has 3 saturated heterocycles. The van der Waals surface area contributed by atoms with Gasteiger partial charge < -0.3 is 15.3 Å². The van der Waals surface area contributed by atoms with Crippen LogP contribution < -0.4 is 5.32 Å². The van der Waals surface area contributed by atoms with Crippen molar-refractivity contribution in [3.05, 3.63) is 35.4 Å². The second-order valence-electron chi connectivity index (χ2n) is 5.98. The lowest BCUT2D eigenvalue weighted by Gasteiger charge is -2.44. The number of carbonyl (C=O) groups is 1. The van der Waals surface area contributed by atoms with E-state index < -0.39 is 0 Å². The fourth-order valence-electron chi connectivity index (χ4n) is 3.30. The molecule has 0 radical (unpaired) electrons. The van der Waals surface area contributed by atoms with Crippen molar-refractivity contribution >= 4 is 12.0 Å². The maximum atomic E-state index is 12.3. The molecule has 3 fully saturated rings. The van der Waals surface area contributed by atoms with E-state index in [4.69, 9.17) is 0 Å². The number of piperidine rings is 3. The van der Waals surface area contributed by atoms with Crippen LogP contribution in [-0.2, 0) is 4.79 Å². The zero-order valence-corrected chi connectivity index (χ0v) is 12.3. The molecule has 5 nitrogen and oxygen atoms in total. The molecule has 0 saturated carbocycles. The van der Waals surface area contributed by atoms with E-state index in [0.717, 1.165) is 32.5 Å². The van der Waals surface area contributed by atoms with E-state index in [-0.39, 0.29) is 23.3 Å². The standard InChI is InChI=1S/C17H19N3O2/c18-10-14(8-12-2-1-3-15(21)9-12)17(22)19-16-11-20-6-4-13(16)5-7-20/h1-3,8-9,13,16,21H,4-7,11H2,(H,19,22). The van der Waals surface area contributed by atoms with Crippen molar-refractivity contribution in [1.29, 1.82) is 5.26 Å². The zero-order valence-electron chi connectivity index (χ0n) is 12.3. The van der Waals surface area contributed by atoms with E-state index in [1.807, 2.05) is 6.07 Å². The van der Waals surface area contributed by atoms with Gasteiger partial charge in [-0.3, -0.25) is 4.79 Å². The zero-order chi connectivity index (χ0) is 15.5. The van der Waals surface area contributed by atoms with Crippen LogP contribution in [-0.4, -0.2) is 41.6 Å². The quantitative estimate of drug-likeness (QED) is 0.655. The van der Waals surface area contributed by atoms with Gasteiger partial charge in [-0.2, -0.15) is 5.26 Å². The maximum absolute atomic E-state index is 12.3. The number of nitriles is 1. The van der Waals surface area contributed by atoms with E-state index in [9.17, 15) is 15.2 Å². The Hall–Kier alpha value is -2.32.